The molecule has 2 aromatic rings. The summed E-state index contributed by atoms with van der Waals surface area (Å²) in [6.45, 7) is 0.473. The molecule has 0 radical (unpaired) electrons. The summed E-state index contributed by atoms with van der Waals surface area (Å²) in [5.41, 5.74) is -0.921. The third kappa shape index (κ3) is 1.85. The molecule has 1 N–H and O–H groups in total. The summed E-state index contributed by atoms with van der Waals surface area (Å²) in [6, 6.07) is 6.71. The van der Waals surface area contributed by atoms with E-state index < -0.39 is 21.9 Å². The summed E-state index contributed by atoms with van der Waals surface area (Å²) in [4.78, 5) is 22.3. The first-order chi connectivity index (χ1) is 9.09. The maximum atomic E-state index is 12.2. The van der Waals surface area contributed by atoms with Crippen LogP contribution in [0.15, 0.2) is 29.1 Å². The maximum Gasteiger partial charge on any atom is 0.375 e. The van der Waals surface area contributed by atoms with Gasteiger partial charge in [-0.05, 0) is 30.9 Å². The van der Waals surface area contributed by atoms with Gasteiger partial charge in [-0.3, -0.25) is 14.9 Å². The van der Waals surface area contributed by atoms with Crippen LogP contribution in [-0.2, 0) is 6.54 Å². The van der Waals surface area contributed by atoms with Crippen molar-refractivity contribution < 1.29 is 10.0 Å². The molecule has 0 aliphatic heterocycles. The molecule has 98 valence electrons. The SMILES string of the molecule is O=c1c([N+](=O)[O-])c(O)c2ccccc2n1CC1CC1. The summed E-state index contributed by atoms with van der Waals surface area (Å²) in [7, 11) is 0. The number of hydrogen-bond donors (Lipinski definition) is 1. The lowest BCUT2D eigenvalue weighted by Crippen LogP contribution is -2.24. The van der Waals surface area contributed by atoms with Crippen molar-refractivity contribution in [3.8, 4) is 5.75 Å². The van der Waals surface area contributed by atoms with Crippen LogP contribution >= 0.6 is 0 Å². The van der Waals surface area contributed by atoms with Crippen LogP contribution in [0.4, 0.5) is 5.69 Å². The van der Waals surface area contributed by atoms with Gasteiger partial charge in [0.25, 0.3) is 0 Å². The number of nitrogens with zero attached hydrogens (tertiary/aromatic N) is 2. The summed E-state index contributed by atoms with van der Waals surface area (Å²) in [5, 5.41) is 21.2. The van der Waals surface area contributed by atoms with E-state index in [0.29, 0.717) is 23.4 Å². The van der Waals surface area contributed by atoms with Crippen molar-refractivity contribution in [2.24, 2.45) is 5.92 Å². The molecule has 6 heteroatoms. The number of rotatable bonds is 3. The highest BCUT2D eigenvalue weighted by molar-refractivity contribution is 5.88. The molecule has 1 aromatic carbocycles. The largest absolute Gasteiger partial charge is 0.501 e. The summed E-state index contributed by atoms with van der Waals surface area (Å²) < 4.78 is 1.41. The van der Waals surface area contributed by atoms with Gasteiger partial charge in [-0.15, -0.1) is 0 Å². The van der Waals surface area contributed by atoms with Crippen LogP contribution in [-0.4, -0.2) is 14.6 Å². The fourth-order valence-corrected chi connectivity index (χ4v) is 2.28. The smallest absolute Gasteiger partial charge is 0.375 e. The lowest BCUT2D eigenvalue weighted by Gasteiger charge is -2.10. The number of hydrogen-bond acceptors (Lipinski definition) is 4. The van der Waals surface area contributed by atoms with E-state index in [1.807, 2.05) is 0 Å². The number of pyridine rings is 1. The van der Waals surface area contributed by atoms with E-state index in [2.05, 4.69) is 0 Å². The van der Waals surface area contributed by atoms with Crippen molar-refractivity contribution >= 4 is 16.6 Å². The normalized spacial score (nSPS) is 14.7. The molecule has 1 heterocycles. The van der Waals surface area contributed by atoms with Crippen molar-refractivity contribution in [1.29, 1.82) is 0 Å². The lowest BCUT2D eigenvalue weighted by atomic mass is 10.1. The Morgan fingerprint density at radius 3 is 2.68 bits per heavy atom. The van der Waals surface area contributed by atoms with Gasteiger partial charge in [0.2, 0.25) is 5.75 Å². The summed E-state index contributed by atoms with van der Waals surface area (Å²) in [6.07, 6.45) is 2.07. The molecule has 1 fully saturated rings. The molecule has 1 aromatic heterocycles. The second kappa shape index (κ2) is 4.08. The Morgan fingerprint density at radius 1 is 1.37 bits per heavy atom. The minimum absolute atomic E-state index is 0.342. The van der Waals surface area contributed by atoms with E-state index in [9.17, 15) is 20.0 Å². The van der Waals surface area contributed by atoms with Crippen LogP contribution < -0.4 is 5.56 Å². The maximum absolute atomic E-state index is 12.2. The highest BCUT2D eigenvalue weighted by atomic mass is 16.6. The van der Waals surface area contributed by atoms with Gasteiger partial charge in [-0.1, -0.05) is 12.1 Å². The number of para-hydroxylation sites is 1. The Balaban J connectivity index is 2.37. The van der Waals surface area contributed by atoms with Gasteiger partial charge >= 0.3 is 11.2 Å². The van der Waals surface area contributed by atoms with Gasteiger partial charge in [-0.2, -0.15) is 0 Å². The molecule has 1 aliphatic carbocycles. The first kappa shape index (κ1) is 11.7. The number of nitro groups is 1. The van der Waals surface area contributed by atoms with Gasteiger partial charge in [0.05, 0.1) is 10.4 Å². The van der Waals surface area contributed by atoms with Crippen molar-refractivity contribution in [2.75, 3.05) is 0 Å². The molecular weight excluding hydrogens is 248 g/mol. The second-order valence-corrected chi connectivity index (χ2v) is 4.83. The van der Waals surface area contributed by atoms with E-state index in [4.69, 9.17) is 0 Å². The average Bonchev–Trinajstić information content (AvgIpc) is 3.18. The Labute approximate surface area is 108 Å². The monoisotopic (exact) mass is 260 g/mol. The Bertz CT molecular complexity index is 731. The number of benzene rings is 1. The van der Waals surface area contributed by atoms with Crippen molar-refractivity contribution in [3.05, 3.63) is 44.7 Å². The molecule has 6 nitrogen and oxygen atoms in total. The molecule has 1 aliphatic rings. The quantitative estimate of drug-likeness (QED) is 0.675. The molecule has 3 rings (SSSR count). The van der Waals surface area contributed by atoms with E-state index in [1.165, 1.54) is 4.57 Å². The molecule has 19 heavy (non-hydrogen) atoms. The number of aromatic nitrogens is 1. The Hall–Kier alpha value is -2.37. The first-order valence-corrected chi connectivity index (χ1v) is 6.08. The molecule has 0 spiro atoms. The summed E-state index contributed by atoms with van der Waals surface area (Å²) in [5.74, 6) is -0.136. The fourth-order valence-electron chi connectivity index (χ4n) is 2.28. The molecule has 0 saturated heterocycles. The second-order valence-electron chi connectivity index (χ2n) is 4.83. The molecule has 1 saturated carbocycles. The van der Waals surface area contributed by atoms with Crippen LogP contribution in [0.5, 0.6) is 5.75 Å². The lowest BCUT2D eigenvalue weighted by molar-refractivity contribution is -0.387. The van der Waals surface area contributed by atoms with Crippen molar-refractivity contribution in [2.45, 2.75) is 19.4 Å². The predicted octanol–water partition coefficient (Wildman–Crippen LogP) is 2.03. The van der Waals surface area contributed by atoms with E-state index >= 15 is 0 Å². The topological polar surface area (TPSA) is 85.4 Å². The third-order valence-electron chi connectivity index (χ3n) is 3.44. The average molecular weight is 260 g/mol. The van der Waals surface area contributed by atoms with Crippen LogP contribution in [0.3, 0.4) is 0 Å². The molecule has 0 unspecified atom stereocenters. The van der Waals surface area contributed by atoms with Gasteiger partial charge < -0.3 is 9.67 Å². The van der Waals surface area contributed by atoms with Crippen LogP contribution in [0.1, 0.15) is 12.8 Å². The number of aromatic hydroxyl groups is 1. The number of fused-ring (bicyclic) bond motifs is 1. The zero-order valence-corrected chi connectivity index (χ0v) is 10.1. The van der Waals surface area contributed by atoms with E-state index in [1.54, 1.807) is 24.3 Å². The Morgan fingerprint density at radius 2 is 2.05 bits per heavy atom. The van der Waals surface area contributed by atoms with Crippen LogP contribution in [0.2, 0.25) is 0 Å². The molecule has 0 bridgehead atoms. The fraction of sp³-hybridized carbons (Fsp3) is 0.308. The zero-order valence-electron chi connectivity index (χ0n) is 10.1. The molecular formula is C13H12N2O4. The first-order valence-electron chi connectivity index (χ1n) is 6.08. The van der Waals surface area contributed by atoms with E-state index in [-0.39, 0.29) is 0 Å². The van der Waals surface area contributed by atoms with Gasteiger partial charge in [0, 0.05) is 11.9 Å². The van der Waals surface area contributed by atoms with Gasteiger partial charge in [0.1, 0.15) is 0 Å². The minimum Gasteiger partial charge on any atom is -0.501 e. The summed E-state index contributed by atoms with van der Waals surface area (Å²) >= 11 is 0. The van der Waals surface area contributed by atoms with Crippen molar-refractivity contribution in [1.82, 2.24) is 4.57 Å². The van der Waals surface area contributed by atoms with Crippen LogP contribution in [0.25, 0.3) is 10.9 Å². The highest BCUT2D eigenvalue weighted by Gasteiger charge is 2.29. The third-order valence-corrected chi connectivity index (χ3v) is 3.44. The van der Waals surface area contributed by atoms with E-state index in [0.717, 1.165) is 12.8 Å². The van der Waals surface area contributed by atoms with Gasteiger partial charge in [-0.25, -0.2) is 0 Å². The molecule has 0 amide bonds. The minimum atomic E-state index is -0.812. The molecule has 0 atom stereocenters. The predicted molar refractivity (Wildman–Crippen MR) is 69.3 cm³/mol. The van der Waals surface area contributed by atoms with Crippen LogP contribution in [0, 0.1) is 16.0 Å². The zero-order chi connectivity index (χ0) is 13.6. The van der Waals surface area contributed by atoms with Crippen molar-refractivity contribution in [3.63, 3.8) is 0 Å². The standard InChI is InChI=1S/C13H12N2O4/c16-12-9-3-1-2-4-10(9)14(7-8-5-6-8)13(17)11(12)15(18)19/h1-4,8,16H,5-7H2. The Kier molecular flexibility index (Phi) is 2.51. The van der Waals surface area contributed by atoms with Gasteiger partial charge in [0.15, 0.2) is 0 Å². The highest BCUT2D eigenvalue weighted by Crippen LogP contribution is 2.34.